The Labute approximate surface area is 186 Å². The second-order valence-electron chi connectivity index (χ2n) is 8.51. The molecule has 7 nitrogen and oxygen atoms in total. The van der Waals surface area contributed by atoms with Gasteiger partial charge in [0.2, 0.25) is 0 Å². The van der Waals surface area contributed by atoms with E-state index in [9.17, 15) is 27.6 Å². The number of piperazine rings is 1. The first kappa shape index (κ1) is 21.0. The molecule has 2 unspecified atom stereocenters. The number of carbonyl (C=O) groups excluding carboxylic acids is 3. The number of rotatable bonds is 2. The highest BCUT2D eigenvalue weighted by atomic mass is 19.4. The first-order valence-electron chi connectivity index (χ1n) is 10.2. The first-order chi connectivity index (χ1) is 15.6. The van der Waals surface area contributed by atoms with Crippen LogP contribution >= 0.6 is 0 Å². The van der Waals surface area contributed by atoms with Gasteiger partial charge in [-0.1, -0.05) is 18.2 Å². The Morgan fingerprint density at radius 2 is 1.85 bits per heavy atom. The normalized spacial score (nSPS) is 26.1. The fourth-order valence-corrected chi connectivity index (χ4v) is 5.30. The molecular weight excluding hydrogens is 437 g/mol. The van der Waals surface area contributed by atoms with Crippen molar-refractivity contribution in [3.63, 3.8) is 0 Å². The molecular formula is C23H17F3N4O3. The summed E-state index contributed by atoms with van der Waals surface area (Å²) in [6.45, 7) is 1.79. The van der Waals surface area contributed by atoms with Crippen LogP contribution in [0.2, 0.25) is 0 Å². The standard InChI is InChI=1S/C23H17F3N4O3/c1-22-18-10-16(12-28(18)19(31)13-5-3-2-4-6-13)30(22)21(33)29(20(22)32)15-8-7-14(11-27)17(9-15)23(24,25)26/h2-9,16,18H,10,12H2,1H3/t16?,18?,22-/m1/s1. The van der Waals surface area contributed by atoms with Gasteiger partial charge in [-0.05, 0) is 43.7 Å². The Morgan fingerprint density at radius 1 is 1.15 bits per heavy atom. The number of imide groups is 1. The van der Waals surface area contributed by atoms with E-state index in [0.29, 0.717) is 18.1 Å². The van der Waals surface area contributed by atoms with Crippen LogP contribution in [0.15, 0.2) is 48.5 Å². The summed E-state index contributed by atoms with van der Waals surface area (Å²) in [4.78, 5) is 43.5. The van der Waals surface area contributed by atoms with E-state index in [-0.39, 0.29) is 18.1 Å². The number of nitriles is 1. The van der Waals surface area contributed by atoms with Crippen molar-refractivity contribution < 1.29 is 27.6 Å². The molecule has 4 amide bonds. The highest BCUT2D eigenvalue weighted by Gasteiger charge is 2.70. The smallest absolute Gasteiger partial charge is 0.331 e. The third-order valence-corrected chi connectivity index (χ3v) is 6.80. The molecule has 10 heteroatoms. The monoisotopic (exact) mass is 454 g/mol. The van der Waals surface area contributed by atoms with E-state index in [1.165, 1.54) is 11.0 Å². The summed E-state index contributed by atoms with van der Waals surface area (Å²) in [6.07, 6.45) is -4.41. The number of benzene rings is 2. The second kappa shape index (κ2) is 6.81. The minimum atomic E-state index is -4.83. The average Bonchev–Trinajstić information content (AvgIpc) is 3.41. The molecule has 33 heavy (non-hydrogen) atoms. The number of anilines is 1. The van der Waals surface area contributed by atoms with Crippen LogP contribution in [0, 0.1) is 11.3 Å². The molecule has 0 saturated carbocycles. The van der Waals surface area contributed by atoms with Gasteiger partial charge in [0.1, 0.15) is 5.54 Å². The second-order valence-corrected chi connectivity index (χ2v) is 8.51. The van der Waals surface area contributed by atoms with E-state index in [0.717, 1.165) is 17.0 Å². The molecule has 168 valence electrons. The molecule has 0 aliphatic carbocycles. The van der Waals surface area contributed by atoms with Crippen molar-refractivity contribution in [2.75, 3.05) is 11.4 Å². The summed E-state index contributed by atoms with van der Waals surface area (Å²) in [5.74, 6) is -0.955. The molecule has 3 aliphatic heterocycles. The number of halogens is 3. The zero-order valence-electron chi connectivity index (χ0n) is 17.3. The number of alkyl halides is 3. The molecule has 3 heterocycles. The number of carbonyl (C=O) groups is 3. The molecule has 3 saturated heterocycles. The number of urea groups is 1. The SMILES string of the molecule is C[C@@]12C(=O)N(c3ccc(C#N)c(C(F)(F)F)c3)C(=O)N1C1CC2N(C(=O)c2ccccc2)C1. The molecule has 2 aromatic carbocycles. The fourth-order valence-electron chi connectivity index (χ4n) is 5.30. The highest BCUT2D eigenvalue weighted by Crippen LogP contribution is 2.50. The third-order valence-electron chi connectivity index (χ3n) is 6.80. The van der Waals surface area contributed by atoms with Crippen LogP contribution in [-0.2, 0) is 11.0 Å². The molecule has 3 aliphatic rings. The van der Waals surface area contributed by atoms with Crippen molar-refractivity contribution in [3.05, 3.63) is 65.2 Å². The largest absolute Gasteiger partial charge is 0.417 e. The average molecular weight is 454 g/mol. The Hall–Kier alpha value is -3.87. The third kappa shape index (κ3) is 2.78. The molecule has 3 fully saturated rings. The Balaban J connectivity index is 1.52. The predicted octanol–water partition coefficient (Wildman–Crippen LogP) is 3.40. The van der Waals surface area contributed by atoms with Crippen LogP contribution in [-0.4, -0.2) is 51.8 Å². The van der Waals surface area contributed by atoms with Crippen molar-refractivity contribution in [1.82, 2.24) is 9.80 Å². The van der Waals surface area contributed by atoms with Gasteiger partial charge in [0.05, 0.1) is 35.0 Å². The van der Waals surface area contributed by atoms with Gasteiger partial charge in [-0.15, -0.1) is 0 Å². The van der Waals surface area contributed by atoms with E-state index < -0.39 is 46.9 Å². The lowest BCUT2D eigenvalue weighted by molar-refractivity contribution is -0.137. The number of hydrogen-bond donors (Lipinski definition) is 0. The van der Waals surface area contributed by atoms with Crippen LogP contribution in [0.1, 0.15) is 34.8 Å². The van der Waals surface area contributed by atoms with Gasteiger partial charge in [0, 0.05) is 12.1 Å². The van der Waals surface area contributed by atoms with Gasteiger partial charge in [0.25, 0.3) is 11.8 Å². The van der Waals surface area contributed by atoms with Gasteiger partial charge in [-0.25, -0.2) is 9.69 Å². The predicted molar refractivity (Wildman–Crippen MR) is 109 cm³/mol. The lowest BCUT2D eigenvalue weighted by Gasteiger charge is -2.41. The lowest BCUT2D eigenvalue weighted by atomic mass is 9.91. The Bertz CT molecular complexity index is 1240. The summed E-state index contributed by atoms with van der Waals surface area (Å²) in [6, 6.07) is 11.1. The molecule has 0 N–H and O–H groups in total. The van der Waals surface area contributed by atoms with Gasteiger partial charge in [-0.3, -0.25) is 9.59 Å². The van der Waals surface area contributed by atoms with E-state index in [2.05, 4.69) is 0 Å². The molecule has 3 atom stereocenters. The lowest BCUT2D eigenvalue weighted by Crippen LogP contribution is -2.62. The van der Waals surface area contributed by atoms with Crippen LogP contribution in [0.4, 0.5) is 23.7 Å². The van der Waals surface area contributed by atoms with Crippen LogP contribution in [0.3, 0.4) is 0 Å². The molecule has 5 rings (SSSR count). The minimum Gasteiger partial charge on any atom is -0.331 e. The Kier molecular flexibility index (Phi) is 4.34. The maximum absolute atomic E-state index is 13.5. The number of hydrogen-bond acceptors (Lipinski definition) is 4. The fraction of sp³-hybridized carbons (Fsp3) is 0.304. The topological polar surface area (TPSA) is 84.7 Å². The van der Waals surface area contributed by atoms with Crippen LogP contribution in [0.25, 0.3) is 0 Å². The van der Waals surface area contributed by atoms with Crippen molar-refractivity contribution in [1.29, 1.82) is 5.26 Å². The van der Waals surface area contributed by atoms with Crippen molar-refractivity contribution in [3.8, 4) is 6.07 Å². The molecule has 0 aromatic heterocycles. The molecule has 0 spiro atoms. The highest BCUT2D eigenvalue weighted by molar-refractivity contribution is 6.24. The van der Waals surface area contributed by atoms with Crippen molar-refractivity contribution in [2.24, 2.45) is 0 Å². The van der Waals surface area contributed by atoms with E-state index >= 15 is 0 Å². The zero-order chi connectivity index (χ0) is 23.7. The molecule has 2 bridgehead atoms. The van der Waals surface area contributed by atoms with Gasteiger partial charge in [0.15, 0.2) is 0 Å². The van der Waals surface area contributed by atoms with E-state index in [1.54, 1.807) is 42.2 Å². The van der Waals surface area contributed by atoms with Gasteiger partial charge in [-0.2, -0.15) is 18.4 Å². The first-order valence-corrected chi connectivity index (χ1v) is 10.2. The summed E-state index contributed by atoms with van der Waals surface area (Å²) in [5, 5.41) is 9.02. The van der Waals surface area contributed by atoms with Crippen molar-refractivity contribution >= 4 is 23.5 Å². The van der Waals surface area contributed by atoms with E-state index in [4.69, 9.17) is 5.26 Å². The summed E-state index contributed by atoms with van der Waals surface area (Å²) in [5.41, 5.74) is -3.01. The number of fused-ring (bicyclic) bond motifs is 5. The minimum absolute atomic E-state index is 0.238. The Morgan fingerprint density at radius 3 is 2.48 bits per heavy atom. The van der Waals surface area contributed by atoms with Crippen molar-refractivity contribution in [2.45, 2.75) is 37.1 Å². The van der Waals surface area contributed by atoms with Crippen LogP contribution in [0.5, 0.6) is 0 Å². The summed E-state index contributed by atoms with van der Waals surface area (Å²) < 4.78 is 40.3. The summed E-state index contributed by atoms with van der Waals surface area (Å²) in [7, 11) is 0. The van der Waals surface area contributed by atoms with E-state index in [1.807, 2.05) is 0 Å². The van der Waals surface area contributed by atoms with Gasteiger partial charge < -0.3 is 9.80 Å². The quantitative estimate of drug-likeness (QED) is 0.651. The number of nitrogens with zero attached hydrogens (tertiary/aromatic N) is 4. The number of likely N-dealkylation sites (tertiary alicyclic amines) is 1. The molecule has 0 radical (unpaired) electrons. The molecule has 2 aromatic rings. The summed E-state index contributed by atoms with van der Waals surface area (Å²) >= 11 is 0. The van der Waals surface area contributed by atoms with Gasteiger partial charge >= 0.3 is 12.2 Å². The zero-order valence-corrected chi connectivity index (χ0v) is 17.3. The maximum Gasteiger partial charge on any atom is 0.417 e. The van der Waals surface area contributed by atoms with Crippen LogP contribution < -0.4 is 4.90 Å². The number of amides is 4. The maximum atomic E-state index is 13.5.